The van der Waals surface area contributed by atoms with E-state index in [0.717, 1.165) is 54.3 Å². The van der Waals surface area contributed by atoms with Crippen LogP contribution in [-0.2, 0) is 11.3 Å². The molecular formula is C15H24BrNO3. The highest BCUT2D eigenvalue weighted by Crippen LogP contribution is 2.33. The standard InChI is InChI=1S/C15H24BrNO3/c1-4-19-8-6-7-17-11-12-9-14(18-3)15(20-5-2)10-13(12)16/h9-10,17H,4-8,11H2,1-3H3. The summed E-state index contributed by atoms with van der Waals surface area (Å²) in [5, 5.41) is 3.40. The topological polar surface area (TPSA) is 39.7 Å². The maximum absolute atomic E-state index is 5.54. The Morgan fingerprint density at radius 2 is 1.95 bits per heavy atom. The average Bonchev–Trinajstić information content (AvgIpc) is 2.45. The van der Waals surface area contributed by atoms with Crippen LogP contribution in [0.1, 0.15) is 25.8 Å². The number of rotatable bonds is 10. The summed E-state index contributed by atoms with van der Waals surface area (Å²) in [7, 11) is 1.66. The summed E-state index contributed by atoms with van der Waals surface area (Å²) in [5.74, 6) is 1.53. The summed E-state index contributed by atoms with van der Waals surface area (Å²) >= 11 is 3.57. The van der Waals surface area contributed by atoms with Crippen molar-refractivity contribution in [1.29, 1.82) is 0 Å². The van der Waals surface area contributed by atoms with Gasteiger partial charge in [0.05, 0.1) is 13.7 Å². The second kappa shape index (κ2) is 10.0. The predicted molar refractivity (Wildman–Crippen MR) is 84.7 cm³/mol. The lowest BCUT2D eigenvalue weighted by Crippen LogP contribution is -2.16. The van der Waals surface area contributed by atoms with Gasteiger partial charge in [-0.2, -0.15) is 0 Å². The highest BCUT2D eigenvalue weighted by Gasteiger charge is 2.09. The fourth-order valence-corrected chi connectivity index (χ4v) is 2.27. The van der Waals surface area contributed by atoms with Crippen LogP contribution in [0.4, 0.5) is 0 Å². The zero-order chi connectivity index (χ0) is 14.8. The fourth-order valence-electron chi connectivity index (χ4n) is 1.81. The molecule has 1 aromatic rings. The normalized spacial score (nSPS) is 10.6. The van der Waals surface area contributed by atoms with E-state index in [2.05, 4.69) is 21.2 Å². The quantitative estimate of drug-likeness (QED) is 0.660. The summed E-state index contributed by atoms with van der Waals surface area (Å²) in [5.41, 5.74) is 1.15. The molecule has 0 aliphatic rings. The zero-order valence-corrected chi connectivity index (χ0v) is 14.1. The molecule has 0 radical (unpaired) electrons. The number of halogens is 1. The molecule has 114 valence electrons. The van der Waals surface area contributed by atoms with Crippen LogP contribution in [0.5, 0.6) is 11.5 Å². The summed E-state index contributed by atoms with van der Waals surface area (Å²) in [6, 6.07) is 3.96. The summed E-state index contributed by atoms with van der Waals surface area (Å²) in [4.78, 5) is 0. The molecule has 0 bridgehead atoms. The maximum atomic E-state index is 5.54. The van der Waals surface area contributed by atoms with Crippen molar-refractivity contribution in [2.45, 2.75) is 26.8 Å². The minimum Gasteiger partial charge on any atom is -0.493 e. The summed E-state index contributed by atoms with van der Waals surface area (Å²) in [6.07, 6.45) is 1.01. The van der Waals surface area contributed by atoms with Gasteiger partial charge in [0.25, 0.3) is 0 Å². The van der Waals surface area contributed by atoms with E-state index in [9.17, 15) is 0 Å². The Morgan fingerprint density at radius 3 is 2.60 bits per heavy atom. The summed E-state index contributed by atoms with van der Waals surface area (Å²) in [6.45, 7) is 7.89. The Bertz CT molecular complexity index is 399. The molecule has 0 amide bonds. The van der Waals surface area contributed by atoms with Gasteiger partial charge in [-0.3, -0.25) is 0 Å². The SMILES string of the molecule is CCOCCCNCc1cc(OC)c(OCC)cc1Br. The first-order valence-corrected chi connectivity index (χ1v) is 7.79. The van der Waals surface area contributed by atoms with Crippen LogP contribution in [0.3, 0.4) is 0 Å². The molecule has 1 rings (SSSR count). The maximum Gasteiger partial charge on any atom is 0.162 e. The van der Waals surface area contributed by atoms with E-state index in [1.807, 2.05) is 26.0 Å². The van der Waals surface area contributed by atoms with Crippen molar-refractivity contribution in [3.63, 3.8) is 0 Å². The van der Waals surface area contributed by atoms with Gasteiger partial charge in [0.15, 0.2) is 11.5 Å². The molecule has 0 unspecified atom stereocenters. The average molecular weight is 346 g/mol. The molecule has 5 heteroatoms. The molecule has 4 nitrogen and oxygen atoms in total. The third-order valence-corrected chi connectivity index (χ3v) is 3.53. The van der Waals surface area contributed by atoms with E-state index in [4.69, 9.17) is 14.2 Å². The van der Waals surface area contributed by atoms with Crippen molar-refractivity contribution < 1.29 is 14.2 Å². The Hall–Kier alpha value is -0.780. The van der Waals surface area contributed by atoms with Crippen molar-refractivity contribution in [2.75, 3.05) is 33.5 Å². The molecule has 0 aliphatic carbocycles. The van der Waals surface area contributed by atoms with E-state index in [0.29, 0.717) is 6.61 Å². The van der Waals surface area contributed by atoms with E-state index in [1.54, 1.807) is 7.11 Å². The number of benzene rings is 1. The number of hydrogen-bond donors (Lipinski definition) is 1. The van der Waals surface area contributed by atoms with E-state index in [1.165, 1.54) is 0 Å². The molecule has 0 aliphatic heterocycles. The Kier molecular flexibility index (Phi) is 8.65. The molecule has 0 spiro atoms. The molecule has 0 heterocycles. The van der Waals surface area contributed by atoms with E-state index >= 15 is 0 Å². The van der Waals surface area contributed by atoms with Crippen LogP contribution >= 0.6 is 15.9 Å². The first-order chi connectivity index (χ1) is 9.72. The number of ether oxygens (including phenoxy) is 3. The van der Waals surface area contributed by atoms with Crippen LogP contribution < -0.4 is 14.8 Å². The zero-order valence-electron chi connectivity index (χ0n) is 12.5. The molecule has 0 aromatic heterocycles. The Labute approximate surface area is 129 Å². The number of hydrogen-bond acceptors (Lipinski definition) is 4. The van der Waals surface area contributed by atoms with E-state index in [-0.39, 0.29) is 0 Å². The van der Waals surface area contributed by atoms with Gasteiger partial charge in [-0.1, -0.05) is 15.9 Å². The Balaban J connectivity index is 2.53. The van der Waals surface area contributed by atoms with Crippen molar-refractivity contribution in [1.82, 2.24) is 5.32 Å². The van der Waals surface area contributed by atoms with Crippen LogP contribution in [0.25, 0.3) is 0 Å². The van der Waals surface area contributed by atoms with Crippen molar-refractivity contribution >= 4 is 15.9 Å². The highest BCUT2D eigenvalue weighted by molar-refractivity contribution is 9.10. The lowest BCUT2D eigenvalue weighted by atomic mass is 10.2. The minimum absolute atomic E-state index is 0.623. The molecule has 0 saturated heterocycles. The van der Waals surface area contributed by atoms with Gasteiger partial charge in [-0.15, -0.1) is 0 Å². The third kappa shape index (κ3) is 5.69. The molecule has 1 aromatic carbocycles. The lowest BCUT2D eigenvalue weighted by Gasteiger charge is -2.13. The van der Waals surface area contributed by atoms with Gasteiger partial charge >= 0.3 is 0 Å². The van der Waals surface area contributed by atoms with Crippen molar-refractivity contribution in [2.24, 2.45) is 0 Å². The number of nitrogens with one attached hydrogen (secondary N) is 1. The Morgan fingerprint density at radius 1 is 1.15 bits per heavy atom. The van der Waals surface area contributed by atoms with Crippen LogP contribution in [0.2, 0.25) is 0 Å². The molecule has 0 fully saturated rings. The van der Waals surface area contributed by atoms with Crippen molar-refractivity contribution in [3.8, 4) is 11.5 Å². The molecule has 0 atom stereocenters. The largest absolute Gasteiger partial charge is 0.493 e. The summed E-state index contributed by atoms with van der Waals surface area (Å²) < 4.78 is 17.2. The van der Waals surface area contributed by atoms with Gasteiger partial charge in [0.2, 0.25) is 0 Å². The fraction of sp³-hybridized carbons (Fsp3) is 0.600. The van der Waals surface area contributed by atoms with Gasteiger partial charge in [0, 0.05) is 24.2 Å². The highest BCUT2D eigenvalue weighted by atomic mass is 79.9. The molecule has 20 heavy (non-hydrogen) atoms. The van der Waals surface area contributed by atoms with Crippen LogP contribution in [0, 0.1) is 0 Å². The second-order valence-corrected chi connectivity index (χ2v) is 5.11. The molecular weight excluding hydrogens is 322 g/mol. The molecule has 1 N–H and O–H groups in total. The van der Waals surface area contributed by atoms with Gasteiger partial charge in [-0.25, -0.2) is 0 Å². The monoisotopic (exact) mass is 345 g/mol. The van der Waals surface area contributed by atoms with Gasteiger partial charge in [0.1, 0.15) is 0 Å². The predicted octanol–water partition coefficient (Wildman–Crippen LogP) is 3.37. The molecule has 0 saturated carbocycles. The van der Waals surface area contributed by atoms with E-state index < -0.39 is 0 Å². The second-order valence-electron chi connectivity index (χ2n) is 4.25. The minimum atomic E-state index is 0.623. The van der Waals surface area contributed by atoms with Gasteiger partial charge in [-0.05, 0) is 44.5 Å². The lowest BCUT2D eigenvalue weighted by molar-refractivity contribution is 0.144. The number of methoxy groups -OCH3 is 1. The van der Waals surface area contributed by atoms with Crippen molar-refractivity contribution in [3.05, 3.63) is 22.2 Å². The van der Waals surface area contributed by atoms with Gasteiger partial charge < -0.3 is 19.5 Å². The van der Waals surface area contributed by atoms with Crippen LogP contribution in [0.15, 0.2) is 16.6 Å². The first kappa shape index (κ1) is 17.3. The smallest absolute Gasteiger partial charge is 0.162 e. The van der Waals surface area contributed by atoms with Crippen LogP contribution in [-0.4, -0.2) is 33.5 Å². The first-order valence-electron chi connectivity index (χ1n) is 7.00. The third-order valence-electron chi connectivity index (χ3n) is 2.79.